The van der Waals surface area contributed by atoms with Gasteiger partial charge in [-0.3, -0.25) is 0 Å². The minimum Gasteiger partial charge on any atom is -0.362 e. The van der Waals surface area contributed by atoms with Crippen molar-refractivity contribution in [3.05, 3.63) is 48.2 Å². The van der Waals surface area contributed by atoms with Crippen LogP contribution in [0.2, 0.25) is 0 Å². The van der Waals surface area contributed by atoms with Crippen molar-refractivity contribution in [3.8, 4) is 0 Å². The number of aromatic nitrogens is 3. The molecule has 2 heterocycles. The molecule has 0 fully saturated rings. The van der Waals surface area contributed by atoms with Crippen LogP contribution in [0.1, 0.15) is 11.7 Å². The predicted octanol–water partition coefficient (Wildman–Crippen LogP) is 2.54. The first-order chi connectivity index (χ1) is 8.83. The fourth-order valence-corrected chi connectivity index (χ4v) is 1.84. The van der Waals surface area contributed by atoms with Gasteiger partial charge in [-0.25, -0.2) is 4.98 Å². The highest BCUT2D eigenvalue weighted by atomic mass is 16.5. The summed E-state index contributed by atoms with van der Waals surface area (Å²) < 4.78 is 4.92. The van der Waals surface area contributed by atoms with Gasteiger partial charge in [-0.2, -0.15) is 4.98 Å². The average Bonchev–Trinajstić information content (AvgIpc) is 2.82. The van der Waals surface area contributed by atoms with Gasteiger partial charge < -0.3 is 9.84 Å². The van der Waals surface area contributed by atoms with Crippen molar-refractivity contribution in [2.45, 2.75) is 13.5 Å². The third kappa shape index (κ3) is 2.02. The molecule has 90 valence electrons. The van der Waals surface area contributed by atoms with Crippen LogP contribution >= 0.6 is 0 Å². The molecule has 0 aliphatic heterocycles. The Hall–Kier alpha value is -2.43. The van der Waals surface area contributed by atoms with Crippen LogP contribution in [0.15, 0.2) is 41.1 Å². The Kier molecular flexibility index (Phi) is 2.64. The predicted molar refractivity (Wildman–Crippen MR) is 68.1 cm³/mol. The molecule has 0 aliphatic rings. The summed E-state index contributed by atoms with van der Waals surface area (Å²) in [5.74, 6) is 2.02. The van der Waals surface area contributed by atoms with E-state index in [0.29, 0.717) is 18.3 Å². The number of fused-ring (bicyclic) bond motifs is 1. The standard InChI is InChI=1S/C13H12N4O/c1-9-16-12(17-18-9)8-15-13-11-5-3-2-4-10(11)6-7-14-13/h2-7H,8H2,1H3,(H,14,15). The van der Waals surface area contributed by atoms with Crippen LogP contribution in [0.25, 0.3) is 10.8 Å². The van der Waals surface area contributed by atoms with E-state index in [0.717, 1.165) is 16.6 Å². The highest BCUT2D eigenvalue weighted by molar-refractivity contribution is 5.91. The summed E-state index contributed by atoms with van der Waals surface area (Å²) in [6, 6.07) is 10.1. The maximum Gasteiger partial charge on any atom is 0.223 e. The van der Waals surface area contributed by atoms with Crippen molar-refractivity contribution < 1.29 is 4.52 Å². The van der Waals surface area contributed by atoms with Crippen molar-refractivity contribution in [1.82, 2.24) is 15.1 Å². The van der Waals surface area contributed by atoms with Crippen molar-refractivity contribution in [1.29, 1.82) is 0 Å². The first-order valence-electron chi connectivity index (χ1n) is 5.70. The van der Waals surface area contributed by atoms with Gasteiger partial charge in [0.15, 0.2) is 5.82 Å². The van der Waals surface area contributed by atoms with Crippen LogP contribution in [-0.2, 0) is 6.54 Å². The van der Waals surface area contributed by atoms with E-state index in [-0.39, 0.29) is 0 Å². The second kappa shape index (κ2) is 4.44. The molecule has 0 spiro atoms. The van der Waals surface area contributed by atoms with Crippen LogP contribution in [0, 0.1) is 6.92 Å². The lowest BCUT2D eigenvalue weighted by Crippen LogP contribution is -2.03. The molecule has 5 heteroatoms. The fourth-order valence-electron chi connectivity index (χ4n) is 1.84. The van der Waals surface area contributed by atoms with Crippen LogP contribution in [0.3, 0.4) is 0 Å². The molecule has 0 radical (unpaired) electrons. The van der Waals surface area contributed by atoms with Gasteiger partial charge in [0.05, 0.1) is 6.54 Å². The molecule has 3 rings (SSSR count). The topological polar surface area (TPSA) is 63.8 Å². The van der Waals surface area contributed by atoms with E-state index in [2.05, 4.69) is 26.5 Å². The SMILES string of the molecule is Cc1nc(CNc2nccc3ccccc23)no1. The Morgan fingerprint density at radius 3 is 2.94 bits per heavy atom. The lowest BCUT2D eigenvalue weighted by Gasteiger charge is -2.06. The van der Waals surface area contributed by atoms with E-state index in [9.17, 15) is 0 Å². The van der Waals surface area contributed by atoms with Crippen molar-refractivity contribution in [2.75, 3.05) is 5.32 Å². The normalized spacial score (nSPS) is 10.7. The molecule has 1 N–H and O–H groups in total. The van der Waals surface area contributed by atoms with Gasteiger partial charge >= 0.3 is 0 Å². The van der Waals surface area contributed by atoms with Crippen LogP contribution < -0.4 is 5.32 Å². The molecule has 0 unspecified atom stereocenters. The zero-order valence-corrected chi connectivity index (χ0v) is 9.92. The number of rotatable bonds is 3. The first-order valence-corrected chi connectivity index (χ1v) is 5.70. The Morgan fingerprint density at radius 1 is 1.22 bits per heavy atom. The molecule has 0 saturated heterocycles. The summed E-state index contributed by atoms with van der Waals surface area (Å²) >= 11 is 0. The van der Waals surface area contributed by atoms with Gasteiger partial charge in [0.2, 0.25) is 5.89 Å². The summed E-state index contributed by atoms with van der Waals surface area (Å²) in [6.07, 6.45) is 1.78. The Morgan fingerprint density at radius 2 is 2.11 bits per heavy atom. The van der Waals surface area contributed by atoms with Gasteiger partial charge in [-0.1, -0.05) is 29.4 Å². The minimum absolute atomic E-state index is 0.498. The average molecular weight is 240 g/mol. The Bertz CT molecular complexity index is 672. The second-order valence-electron chi connectivity index (χ2n) is 3.96. The van der Waals surface area contributed by atoms with Crippen LogP contribution in [0.4, 0.5) is 5.82 Å². The summed E-state index contributed by atoms with van der Waals surface area (Å²) in [6.45, 7) is 2.27. The highest BCUT2D eigenvalue weighted by Gasteiger charge is 2.04. The minimum atomic E-state index is 0.498. The summed E-state index contributed by atoms with van der Waals surface area (Å²) in [5, 5.41) is 9.29. The maximum absolute atomic E-state index is 4.92. The van der Waals surface area contributed by atoms with Gasteiger partial charge in [0.25, 0.3) is 0 Å². The molecule has 18 heavy (non-hydrogen) atoms. The molecule has 0 saturated carbocycles. The summed E-state index contributed by atoms with van der Waals surface area (Å²) in [4.78, 5) is 8.47. The maximum atomic E-state index is 4.92. The van der Waals surface area contributed by atoms with E-state index in [1.165, 1.54) is 0 Å². The fraction of sp³-hybridized carbons (Fsp3) is 0.154. The van der Waals surface area contributed by atoms with Gasteiger partial charge in [-0.05, 0) is 11.5 Å². The number of pyridine rings is 1. The molecule has 0 aliphatic carbocycles. The van der Waals surface area contributed by atoms with Crippen LogP contribution in [0.5, 0.6) is 0 Å². The molecule has 0 bridgehead atoms. The zero-order chi connectivity index (χ0) is 12.4. The number of hydrogen-bond donors (Lipinski definition) is 1. The van der Waals surface area contributed by atoms with Gasteiger partial charge in [0, 0.05) is 18.5 Å². The number of aryl methyl sites for hydroxylation is 1. The lowest BCUT2D eigenvalue weighted by atomic mass is 10.1. The van der Waals surface area contributed by atoms with Crippen molar-refractivity contribution in [2.24, 2.45) is 0 Å². The molecule has 0 amide bonds. The summed E-state index contributed by atoms with van der Waals surface area (Å²) in [7, 11) is 0. The monoisotopic (exact) mass is 240 g/mol. The van der Waals surface area contributed by atoms with E-state index < -0.39 is 0 Å². The van der Waals surface area contributed by atoms with E-state index in [4.69, 9.17) is 4.52 Å². The molecule has 5 nitrogen and oxygen atoms in total. The lowest BCUT2D eigenvalue weighted by molar-refractivity contribution is 0.388. The largest absolute Gasteiger partial charge is 0.362 e. The summed E-state index contributed by atoms with van der Waals surface area (Å²) in [5.41, 5.74) is 0. The number of nitrogens with one attached hydrogen (secondary N) is 1. The number of anilines is 1. The molecule has 0 atom stereocenters. The van der Waals surface area contributed by atoms with Crippen molar-refractivity contribution in [3.63, 3.8) is 0 Å². The van der Waals surface area contributed by atoms with E-state index in [1.54, 1.807) is 13.1 Å². The first kappa shape index (κ1) is 10.7. The van der Waals surface area contributed by atoms with Crippen LogP contribution in [-0.4, -0.2) is 15.1 Å². The van der Waals surface area contributed by atoms with E-state index in [1.807, 2.05) is 24.3 Å². The molecule has 1 aromatic carbocycles. The number of hydrogen-bond acceptors (Lipinski definition) is 5. The number of nitrogens with zero attached hydrogens (tertiary/aromatic N) is 3. The highest BCUT2D eigenvalue weighted by Crippen LogP contribution is 2.20. The second-order valence-corrected chi connectivity index (χ2v) is 3.96. The smallest absolute Gasteiger partial charge is 0.223 e. The third-order valence-corrected chi connectivity index (χ3v) is 2.66. The Balaban J connectivity index is 1.86. The molecular formula is C13H12N4O. The third-order valence-electron chi connectivity index (χ3n) is 2.66. The number of benzene rings is 1. The molecular weight excluding hydrogens is 228 g/mol. The Labute approximate surface area is 104 Å². The van der Waals surface area contributed by atoms with E-state index >= 15 is 0 Å². The van der Waals surface area contributed by atoms with Gasteiger partial charge in [-0.15, -0.1) is 0 Å². The van der Waals surface area contributed by atoms with Crippen molar-refractivity contribution >= 4 is 16.6 Å². The quantitative estimate of drug-likeness (QED) is 0.762. The zero-order valence-electron chi connectivity index (χ0n) is 9.92. The van der Waals surface area contributed by atoms with Gasteiger partial charge in [0.1, 0.15) is 5.82 Å². The molecule has 2 aromatic heterocycles. The molecule has 3 aromatic rings.